The first-order chi connectivity index (χ1) is 11.7. The van der Waals surface area contributed by atoms with Crippen molar-refractivity contribution in [3.63, 3.8) is 0 Å². The van der Waals surface area contributed by atoms with Crippen molar-refractivity contribution < 1.29 is 4.79 Å². The molecule has 0 spiro atoms. The Morgan fingerprint density at radius 3 is 2.58 bits per heavy atom. The molecule has 2 aromatic heterocycles. The zero-order chi connectivity index (χ0) is 16.5. The summed E-state index contributed by atoms with van der Waals surface area (Å²) >= 11 is 5.88. The monoisotopic (exact) mass is 340 g/mol. The van der Waals surface area contributed by atoms with Crippen LogP contribution in [0.3, 0.4) is 0 Å². The average molecular weight is 341 g/mol. The Balaban J connectivity index is 1.45. The normalized spacial score (nSPS) is 15.0. The third kappa shape index (κ3) is 2.83. The number of benzene rings is 1. The molecule has 6 heteroatoms. The van der Waals surface area contributed by atoms with E-state index < -0.39 is 0 Å². The molecule has 0 atom stereocenters. The number of hydrogen-bond acceptors (Lipinski definition) is 3. The number of aromatic amines is 1. The van der Waals surface area contributed by atoms with Crippen LogP contribution in [0, 0.1) is 0 Å². The number of aromatic nitrogens is 2. The van der Waals surface area contributed by atoms with E-state index in [-0.39, 0.29) is 5.91 Å². The van der Waals surface area contributed by atoms with Crippen molar-refractivity contribution >= 4 is 34.2 Å². The summed E-state index contributed by atoms with van der Waals surface area (Å²) in [5.74, 6) is 0.951. The van der Waals surface area contributed by atoms with Gasteiger partial charge in [0.05, 0.1) is 5.02 Å². The first-order valence-electron chi connectivity index (χ1n) is 7.94. The van der Waals surface area contributed by atoms with Gasteiger partial charge in [0.15, 0.2) is 0 Å². The molecule has 122 valence electrons. The van der Waals surface area contributed by atoms with E-state index in [2.05, 4.69) is 14.9 Å². The Bertz CT molecular complexity index is 833. The number of fused-ring (bicyclic) bond motifs is 1. The standard InChI is InChI=1S/C18H17ClN4O/c19-14-5-6-17(20-12-14)22-7-9-23(10-8-22)18(24)16-11-13-3-1-2-4-15(13)21-16/h1-6,11-12,21H,7-10H2. The Labute approximate surface area is 144 Å². The SMILES string of the molecule is O=C(c1cc2ccccc2[nH]1)N1CCN(c2ccc(Cl)cn2)CC1. The summed E-state index contributed by atoms with van der Waals surface area (Å²) in [4.78, 5) is 24.3. The third-order valence-electron chi connectivity index (χ3n) is 4.36. The van der Waals surface area contributed by atoms with Gasteiger partial charge in [0.1, 0.15) is 11.5 Å². The minimum atomic E-state index is 0.0508. The maximum Gasteiger partial charge on any atom is 0.270 e. The fourth-order valence-corrected chi connectivity index (χ4v) is 3.16. The minimum Gasteiger partial charge on any atom is -0.353 e. The summed E-state index contributed by atoms with van der Waals surface area (Å²) < 4.78 is 0. The molecule has 0 unspecified atom stereocenters. The van der Waals surface area contributed by atoms with Crippen LogP contribution in [0.1, 0.15) is 10.5 Å². The highest BCUT2D eigenvalue weighted by atomic mass is 35.5. The van der Waals surface area contributed by atoms with Gasteiger partial charge in [-0.2, -0.15) is 0 Å². The topological polar surface area (TPSA) is 52.2 Å². The van der Waals surface area contributed by atoms with Crippen molar-refractivity contribution in [1.82, 2.24) is 14.9 Å². The van der Waals surface area contributed by atoms with E-state index in [1.807, 2.05) is 47.4 Å². The van der Waals surface area contributed by atoms with Gasteiger partial charge in [-0.1, -0.05) is 29.8 Å². The number of carbonyl (C=O) groups is 1. The maximum absolute atomic E-state index is 12.7. The summed E-state index contributed by atoms with van der Waals surface area (Å²) in [5.41, 5.74) is 1.64. The molecule has 1 N–H and O–H groups in total. The number of hydrogen-bond donors (Lipinski definition) is 1. The smallest absolute Gasteiger partial charge is 0.270 e. The van der Waals surface area contributed by atoms with Crippen LogP contribution in [-0.4, -0.2) is 47.0 Å². The van der Waals surface area contributed by atoms with E-state index in [4.69, 9.17) is 11.6 Å². The van der Waals surface area contributed by atoms with Crippen molar-refractivity contribution in [1.29, 1.82) is 0 Å². The number of nitrogens with zero attached hydrogens (tertiary/aromatic N) is 3. The molecule has 4 rings (SSSR count). The molecule has 24 heavy (non-hydrogen) atoms. The number of H-pyrrole nitrogens is 1. The van der Waals surface area contributed by atoms with Crippen molar-refractivity contribution in [3.05, 3.63) is 59.4 Å². The van der Waals surface area contributed by atoms with Crippen LogP contribution in [0.25, 0.3) is 10.9 Å². The van der Waals surface area contributed by atoms with E-state index in [9.17, 15) is 4.79 Å². The lowest BCUT2D eigenvalue weighted by Gasteiger charge is -2.35. The highest BCUT2D eigenvalue weighted by molar-refractivity contribution is 6.30. The summed E-state index contributed by atoms with van der Waals surface area (Å²) in [6.45, 7) is 2.89. The number of para-hydroxylation sites is 1. The van der Waals surface area contributed by atoms with Gasteiger partial charge in [-0.15, -0.1) is 0 Å². The van der Waals surface area contributed by atoms with E-state index in [1.54, 1.807) is 6.20 Å². The lowest BCUT2D eigenvalue weighted by atomic mass is 10.2. The summed E-state index contributed by atoms with van der Waals surface area (Å²) in [6.07, 6.45) is 1.65. The van der Waals surface area contributed by atoms with Gasteiger partial charge in [-0.3, -0.25) is 4.79 Å². The number of nitrogens with one attached hydrogen (secondary N) is 1. The molecule has 1 fully saturated rings. The highest BCUT2D eigenvalue weighted by Gasteiger charge is 2.23. The third-order valence-corrected chi connectivity index (χ3v) is 4.59. The molecule has 0 saturated carbocycles. The van der Waals surface area contributed by atoms with Gasteiger partial charge >= 0.3 is 0 Å². The number of rotatable bonds is 2. The van der Waals surface area contributed by atoms with Gasteiger partial charge < -0.3 is 14.8 Å². The molecule has 0 aliphatic carbocycles. The average Bonchev–Trinajstić information content (AvgIpc) is 3.06. The molecule has 0 bridgehead atoms. The van der Waals surface area contributed by atoms with Crippen LogP contribution < -0.4 is 4.90 Å². The van der Waals surface area contributed by atoms with Crippen molar-refractivity contribution in [2.45, 2.75) is 0 Å². The predicted octanol–water partition coefficient (Wildman–Crippen LogP) is 3.18. The Morgan fingerprint density at radius 1 is 1.08 bits per heavy atom. The van der Waals surface area contributed by atoms with Crippen LogP contribution in [0.15, 0.2) is 48.7 Å². The molecule has 1 aliphatic heterocycles. The van der Waals surface area contributed by atoms with Gasteiger partial charge in [0, 0.05) is 43.3 Å². The molecule has 1 amide bonds. The van der Waals surface area contributed by atoms with Crippen molar-refractivity contribution in [2.24, 2.45) is 0 Å². The Hall–Kier alpha value is -2.53. The molecule has 5 nitrogen and oxygen atoms in total. The number of carbonyl (C=O) groups excluding carboxylic acids is 1. The zero-order valence-corrected chi connectivity index (χ0v) is 13.8. The molecule has 3 heterocycles. The number of anilines is 1. The maximum atomic E-state index is 12.7. The first-order valence-corrected chi connectivity index (χ1v) is 8.32. The van der Waals surface area contributed by atoms with Crippen molar-refractivity contribution in [3.8, 4) is 0 Å². The van der Waals surface area contributed by atoms with Gasteiger partial charge in [-0.05, 0) is 24.3 Å². The van der Waals surface area contributed by atoms with E-state index in [0.717, 1.165) is 29.8 Å². The lowest BCUT2D eigenvalue weighted by molar-refractivity contribution is 0.0741. The largest absolute Gasteiger partial charge is 0.353 e. The second kappa shape index (κ2) is 6.17. The van der Waals surface area contributed by atoms with Crippen LogP contribution in [0.5, 0.6) is 0 Å². The number of pyridine rings is 1. The Kier molecular flexibility index (Phi) is 3.86. The van der Waals surface area contributed by atoms with Gasteiger partial charge in [0.2, 0.25) is 0 Å². The van der Waals surface area contributed by atoms with E-state index >= 15 is 0 Å². The van der Waals surface area contributed by atoms with E-state index in [0.29, 0.717) is 23.8 Å². The molecular formula is C18H17ClN4O. The minimum absolute atomic E-state index is 0.0508. The quantitative estimate of drug-likeness (QED) is 0.779. The van der Waals surface area contributed by atoms with Crippen molar-refractivity contribution in [2.75, 3.05) is 31.1 Å². The fraction of sp³-hybridized carbons (Fsp3) is 0.222. The predicted molar refractivity (Wildman–Crippen MR) is 95.7 cm³/mol. The molecule has 3 aromatic rings. The van der Waals surface area contributed by atoms with Gasteiger partial charge in [0.25, 0.3) is 5.91 Å². The first kappa shape index (κ1) is 15.0. The second-order valence-corrected chi connectivity index (χ2v) is 6.32. The van der Waals surface area contributed by atoms with Gasteiger partial charge in [-0.25, -0.2) is 4.98 Å². The Morgan fingerprint density at radius 2 is 1.88 bits per heavy atom. The number of amides is 1. The van der Waals surface area contributed by atoms with Crippen LogP contribution in [0.4, 0.5) is 5.82 Å². The number of halogens is 1. The van der Waals surface area contributed by atoms with Crippen LogP contribution in [0.2, 0.25) is 5.02 Å². The molecule has 1 aliphatic rings. The highest BCUT2D eigenvalue weighted by Crippen LogP contribution is 2.19. The molecule has 1 aromatic carbocycles. The summed E-state index contributed by atoms with van der Waals surface area (Å²) in [6, 6.07) is 13.6. The molecular weight excluding hydrogens is 324 g/mol. The zero-order valence-electron chi connectivity index (χ0n) is 13.1. The molecule has 0 radical (unpaired) electrons. The fourth-order valence-electron chi connectivity index (χ4n) is 3.05. The van der Waals surface area contributed by atoms with Crippen LogP contribution >= 0.6 is 11.6 Å². The molecule has 1 saturated heterocycles. The van der Waals surface area contributed by atoms with Crippen LogP contribution in [-0.2, 0) is 0 Å². The number of piperazine rings is 1. The lowest BCUT2D eigenvalue weighted by Crippen LogP contribution is -2.49. The summed E-state index contributed by atoms with van der Waals surface area (Å²) in [7, 11) is 0. The van der Waals surface area contributed by atoms with E-state index in [1.165, 1.54) is 0 Å². The second-order valence-electron chi connectivity index (χ2n) is 5.88. The summed E-state index contributed by atoms with van der Waals surface area (Å²) in [5, 5.41) is 1.69.